The Morgan fingerprint density at radius 3 is 2.52 bits per heavy atom. The number of aryl methyl sites for hydroxylation is 2. The lowest BCUT2D eigenvalue weighted by molar-refractivity contribution is 0.306. The average molecular weight is 278 g/mol. The Morgan fingerprint density at radius 1 is 0.857 bits per heavy atom. The number of hydrogen-bond donors (Lipinski definition) is 1. The van der Waals surface area contributed by atoms with Crippen LogP contribution in [0.25, 0.3) is 10.8 Å². The third-order valence-corrected chi connectivity index (χ3v) is 3.69. The Morgan fingerprint density at radius 2 is 1.67 bits per heavy atom. The summed E-state index contributed by atoms with van der Waals surface area (Å²) in [4.78, 5) is 0. The smallest absolute Gasteiger partial charge is 0.120 e. The molecule has 3 aromatic carbocycles. The van der Waals surface area contributed by atoms with E-state index in [0.29, 0.717) is 6.61 Å². The molecule has 2 heteroatoms. The molecule has 21 heavy (non-hydrogen) atoms. The summed E-state index contributed by atoms with van der Waals surface area (Å²) in [6, 6.07) is 17.7. The number of phenols is 1. The fourth-order valence-electron chi connectivity index (χ4n) is 2.42. The molecule has 1 N–H and O–H groups in total. The number of fused-ring (bicyclic) bond motifs is 1. The van der Waals surface area contributed by atoms with Crippen LogP contribution in [0.5, 0.6) is 11.5 Å². The number of hydrogen-bond acceptors (Lipinski definition) is 2. The van der Waals surface area contributed by atoms with Gasteiger partial charge in [-0.1, -0.05) is 35.9 Å². The van der Waals surface area contributed by atoms with E-state index >= 15 is 0 Å². The Kier molecular flexibility index (Phi) is 3.53. The predicted octanol–water partition coefficient (Wildman–Crippen LogP) is 4.74. The van der Waals surface area contributed by atoms with E-state index in [1.165, 1.54) is 16.7 Å². The van der Waals surface area contributed by atoms with Crippen LogP contribution in [0.2, 0.25) is 0 Å². The van der Waals surface area contributed by atoms with Crippen molar-refractivity contribution in [3.63, 3.8) is 0 Å². The topological polar surface area (TPSA) is 29.5 Å². The van der Waals surface area contributed by atoms with Gasteiger partial charge in [-0.05, 0) is 60.0 Å². The first-order valence-corrected chi connectivity index (χ1v) is 7.03. The Labute approximate surface area is 124 Å². The molecule has 3 rings (SSSR count). The second kappa shape index (κ2) is 5.49. The molecule has 3 aromatic rings. The molecule has 2 nitrogen and oxygen atoms in total. The van der Waals surface area contributed by atoms with Gasteiger partial charge in [0.1, 0.15) is 18.1 Å². The van der Waals surface area contributed by atoms with Crippen molar-refractivity contribution in [2.45, 2.75) is 20.5 Å². The highest BCUT2D eigenvalue weighted by molar-refractivity contribution is 5.85. The molecule has 0 bridgehead atoms. The third kappa shape index (κ3) is 3.00. The summed E-state index contributed by atoms with van der Waals surface area (Å²) in [7, 11) is 0. The van der Waals surface area contributed by atoms with Crippen molar-refractivity contribution in [2.24, 2.45) is 0 Å². The number of ether oxygens (including phenoxy) is 1. The Bertz CT molecular complexity index is 791. The molecule has 0 unspecified atom stereocenters. The summed E-state index contributed by atoms with van der Waals surface area (Å²) in [5.74, 6) is 1.09. The van der Waals surface area contributed by atoms with Crippen LogP contribution in [0.15, 0.2) is 54.6 Å². The van der Waals surface area contributed by atoms with Crippen LogP contribution in [0.3, 0.4) is 0 Å². The van der Waals surface area contributed by atoms with Crippen molar-refractivity contribution in [1.29, 1.82) is 0 Å². The fourth-order valence-corrected chi connectivity index (χ4v) is 2.42. The first-order valence-electron chi connectivity index (χ1n) is 7.03. The zero-order chi connectivity index (χ0) is 14.8. The van der Waals surface area contributed by atoms with Gasteiger partial charge in [0.2, 0.25) is 0 Å². The van der Waals surface area contributed by atoms with E-state index in [1.54, 1.807) is 12.1 Å². The van der Waals surface area contributed by atoms with Gasteiger partial charge < -0.3 is 9.84 Å². The van der Waals surface area contributed by atoms with Crippen LogP contribution >= 0.6 is 0 Å². The normalized spacial score (nSPS) is 10.8. The van der Waals surface area contributed by atoms with E-state index < -0.39 is 0 Å². The monoisotopic (exact) mass is 278 g/mol. The molecule has 0 amide bonds. The van der Waals surface area contributed by atoms with Crippen LogP contribution in [-0.4, -0.2) is 5.11 Å². The van der Waals surface area contributed by atoms with Gasteiger partial charge in [-0.25, -0.2) is 0 Å². The van der Waals surface area contributed by atoms with Crippen LogP contribution in [0, 0.1) is 13.8 Å². The Balaban J connectivity index is 1.83. The van der Waals surface area contributed by atoms with E-state index in [9.17, 15) is 5.11 Å². The van der Waals surface area contributed by atoms with Crippen molar-refractivity contribution >= 4 is 10.8 Å². The largest absolute Gasteiger partial charge is 0.508 e. The molecular weight excluding hydrogens is 260 g/mol. The predicted molar refractivity (Wildman–Crippen MR) is 85.9 cm³/mol. The summed E-state index contributed by atoms with van der Waals surface area (Å²) < 4.78 is 5.89. The van der Waals surface area contributed by atoms with E-state index in [4.69, 9.17) is 4.74 Å². The first-order chi connectivity index (χ1) is 10.1. The summed E-state index contributed by atoms with van der Waals surface area (Å²) in [6.45, 7) is 4.73. The lowest BCUT2D eigenvalue weighted by Gasteiger charge is -2.10. The molecule has 106 valence electrons. The van der Waals surface area contributed by atoms with E-state index in [0.717, 1.165) is 16.5 Å². The standard InChI is InChI=1S/C19H18O2/c1-13-3-4-14(2)17(9-13)12-21-19-8-6-15-5-7-18(20)10-16(15)11-19/h3-11,20H,12H2,1-2H3. The summed E-state index contributed by atoms with van der Waals surface area (Å²) in [5.41, 5.74) is 3.67. The lowest BCUT2D eigenvalue weighted by Crippen LogP contribution is -1.98. The molecular formula is C19H18O2. The molecule has 0 aliphatic rings. The maximum Gasteiger partial charge on any atom is 0.120 e. The van der Waals surface area contributed by atoms with Gasteiger partial charge in [-0.2, -0.15) is 0 Å². The second-order valence-corrected chi connectivity index (χ2v) is 5.41. The van der Waals surface area contributed by atoms with Crippen molar-refractivity contribution in [3.05, 3.63) is 71.3 Å². The summed E-state index contributed by atoms with van der Waals surface area (Å²) >= 11 is 0. The fraction of sp³-hybridized carbons (Fsp3) is 0.158. The average Bonchev–Trinajstić information content (AvgIpc) is 2.47. The van der Waals surface area contributed by atoms with Crippen LogP contribution in [-0.2, 0) is 6.61 Å². The van der Waals surface area contributed by atoms with Crippen molar-refractivity contribution in [1.82, 2.24) is 0 Å². The van der Waals surface area contributed by atoms with Crippen LogP contribution in [0.1, 0.15) is 16.7 Å². The highest BCUT2D eigenvalue weighted by Gasteiger charge is 2.02. The summed E-state index contributed by atoms with van der Waals surface area (Å²) in [6.07, 6.45) is 0. The van der Waals surface area contributed by atoms with Gasteiger partial charge in [-0.15, -0.1) is 0 Å². The first kappa shape index (κ1) is 13.5. The number of rotatable bonds is 3. The van der Waals surface area contributed by atoms with Crippen LogP contribution < -0.4 is 4.74 Å². The zero-order valence-electron chi connectivity index (χ0n) is 12.3. The molecule has 0 saturated carbocycles. The number of phenolic OH excluding ortho intramolecular Hbond substituents is 1. The summed E-state index contributed by atoms with van der Waals surface area (Å²) in [5, 5.41) is 11.6. The minimum absolute atomic E-state index is 0.272. The molecule has 0 aliphatic heterocycles. The highest BCUT2D eigenvalue weighted by Crippen LogP contribution is 2.25. The van der Waals surface area contributed by atoms with Gasteiger partial charge in [-0.3, -0.25) is 0 Å². The molecule has 0 aromatic heterocycles. The van der Waals surface area contributed by atoms with Gasteiger partial charge >= 0.3 is 0 Å². The number of aromatic hydroxyl groups is 1. The maximum absolute atomic E-state index is 9.56. The minimum atomic E-state index is 0.272. The van der Waals surface area contributed by atoms with Gasteiger partial charge in [0, 0.05) is 0 Å². The Hall–Kier alpha value is -2.48. The molecule has 0 atom stereocenters. The van der Waals surface area contributed by atoms with Gasteiger partial charge in [0.15, 0.2) is 0 Å². The van der Waals surface area contributed by atoms with Crippen molar-refractivity contribution in [3.8, 4) is 11.5 Å². The second-order valence-electron chi connectivity index (χ2n) is 5.41. The van der Waals surface area contributed by atoms with E-state index in [2.05, 4.69) is 32.0 Å². The van der Waals surface area contributed by atoms with Crippen molar-refractivity contribution < 1.29 is 9.84 Å². The van der Waals surface area contributed by atoms with E-state index in [-0.39, 0.29) is 5.75 Å². The van der Waals surface area contributed by atoms with E-state index in [1.807, 2.05) is 24.3 Å². The molecule has 0 heterocycles. The van der Waals surface area contributed by atoms with Crippen LogP contribution in [0.4, 0.5) is 0 Å². The SMILES string of the molecule is Cc1ccc(C)c(COc2ccc3ccc(O)cc3c2)c1. The minimum Gasteiger partial charge on any atom is -0.508 e. The molecule has 0 aliphatic carbocycles. The molecule has 0 saturated heterocycles. The molecule has 0 fully saturated rings. The van der Waals surface area contributed by atoms with Gasteiger partial charge in [0.25, 0.3) is 0 Å². The third-order valence-electron chi connectivity index (χ3n) is 3.69. The zero-order valence-corrected chi connectivity index (χ0v) is 12.3. The van der Waals surface area contributed by atoms with Crippen molar-refractivity contribution in [2.75, 3.05) is 0 Å². The quantitative estimate of drug-likeness (QED) is 0.749. The molecule has 0 radical (unpaired) electrons. The lowest BCUT2D eigenvalue weighted by atomic mass is 10.1. The highest BCUT2D eigenvalue weighted by atomic mass is 16.5. The number of benzene rings is 3. The van der Waals surface area contributed by atoms with Gasteiger partial charge in [0.05, 0.1) is 0 Å². The maximum atomic E-state index is 9.56. The molecule has 0 spiro atoms.